The standard InChI is InChI=1S/C11H10N2O3/c1-7(14)8-4-5-10(13(15)16)11-9(8)3-2-6-12-11/h2-7,14H,1H3. The SMILES string of the molecule is CC(O)c1ccc([N+](=O)[O-])c2ncccc12. The minimum absolute atomic E-state index is 0.0417. The summed E-state index contributed by atoms with van der Waals surface area (Å²) in [6.45, 7) is 1.62. The van der Waals surface area contributed by atoms with Crippen molar-refractivity contribution in [2.24, 2.45) is 0 Å². The molecule has 0 saturated carbocycles. The molecule has 0 radical (unpaired) electrons. The third-order valence-corrected chi connectivity index (χ3v) is 2.43. The van der Waals surface area contributed by atoms with E-state index < -0.39 is 11.0 Å². The Hall–Kier alpha value is -2.01. The Balaban J connectivity index is 2.82. The fraction of sp³-hybridized carbons (Fsp3) is 0.182. The molecule has 1 aromatic heterocycles. The van der Waals surface area contributed by atoms with Gasteiger partial charge in [0.25, 0.3) is 5.69 Å². The molecule has 1 atom stereocenters. The lowest BCUT2D eigenvalue weighted by atomic mass is 10.0. The van der Waals surface area contributed by atoms with Crippen molar-refractivity contribution in [2.45, 2.75) is 13.0 Å². The topological polar surface area (TPSA) is 76.3 Å². The number of nitro benzene ring substituents is 1. The number of nitrogens with zero attached hydrogens (tertiary/aromatic N) is 2. The summed E-state index contributed by atoms with van der Waals surface area (Å²) in [6.07, 6.45) is 0.828. The van der Waals surface area contributed by atoms with Crippen LogP contribution >= 0.6 is 0 Å². The zero-order valence-electron chi connectivity index (χ0n) is 8.62. The molecule has 1 aromatic carbocycles. The summed E-state index contributed by atoms with van der Waals surface area (Å²) in [7, 11) is 0. The van der Waals surface area contributed by atoms with Crippen molar-refractivity contribution in [3.8, 4) is 0 Å². The summed E-state index contributed by atoms with van der Waals surface area (Å²) < 4.78 is 0. The van der Waals surface area contributed by atoms with E-state index in [0.29, 0.717) is 16.5 Å². The van der Waals surface area contributed by atoms with Crippen LogP contribution in [0.5, 0.6) is 0 Å². The zero-order chi connectivity index (χ0) is 11.7. The van der Waals surface area contributed by atoms with Gasteiger partial charge >= 0.3 is 0 Å². The average Bonchev–Trinajstić information content (AvgIpc) is 2.27. The van der Waals surface area contributed by atoms with Crippen LogP contribution in [0.1, 0.15) is 18.6 Å². The van der Waals surface area contributed by atoms with Crippen LogP contribution in [0.15, 0.2) is 30.5 Å². The number of aliphatic hydroxyl groups excluding tert-OH is 1. The molecule has 16 heavy (non-hydrogen) atoms. The van der Waals surface area contributed by atoms with Crippen LogP contribution in [0.3, 0.4) is 0 Å². The second kappa shape index (κ2) is 3.86. The highest BCUT2D eigenvalue weighted by Gasteiger charge is 2.16. The van der Waals surface area contributed by atoms with E-state index in [0.717, 1.165) is 0 Å². The molecule has 0 bridgehead atoms. The minimum atomic E-state index is -0.674. The van der Waals surface area contributed by atoms with Gasteiger partial charge in [-0.3, -0.25) is 10.1 Å². The van der Waals surface area contributed by atoms with Crippen LogP contribution in [0.25, 0.3) is 10.9 Å². The van der Waals surface area contributed by atoms with Gasteiger partial charge in [0.1, 0.15) is 5.52 Å². The Kier molecular flexibility index (Phi) is 2.54. The first-order valence-corrected chi connectivity index (χ1v) is 4.81. The molecule has 2 aromatic rings. The van der Waals surface area contributed by atoms with Crippen molar-refractivity contribution >= 4 is 16.6 Å². The molecule has 1 heterocycles. The molecule has 5 nitrogen and oxygen atoms in total. The van der Waals surface area contributed by atoms with E-state index in [1.54, 1.807) is 25.1 Å². The number of aromatic nitrogens is 1. The molecule has 1 N–H and O–H groups in total. The third-order valence-electron chi connectivity index (χ3n) is 2.43. The summed E-state index contributed by atoms with van der Waals surface area (Å²) >= 11 is 0. The van der Waals surface area contributed by atoms with Crippen LogP contribution in [0.2, 0.25) is 0 Å². The first-order chi connectivity index (χ1) is 7.61. The maximum atomic E-state index is 10.8. The molecule has 0 saturated heterocycles. The molecule has 2 rings (SSSR count). The molecule has 0 amide bonds. The van der Waals surface area contributed by atoms with Gasteiger partial charge in [0, 0.05) is 17.6 Å². The highest BCUT2D eigenvalue weighted by Crippen LogP contribution is 2.29. The number of aliphatic hydroxyl groups is 1. The van der Waals surface area contributed by atoms with E-state index in [2.05, 4.69) is 4.98 Å². The Morgan fingerprint density at radius 3 is 2.81 bits per heavy atom. The molecule has 0 fully saturated rings. The first-order valence-electron chi connectivity index (χ1n) is 4.81. The number of pyridine rings is 1. The van der Waals surface area contributed by atoms with Crippen LogP contribution in [-0.4, -0.2) is 15.0 Å². The third kappa shape index (κ3) is 1.61. The van der Waals surface area contributed by atoms with Crippen molar-refractivity contribution < 1.29 is 10.0 Å². The lowest BCUT2D eigenvalue weighted by molar-refractivity contribution is -0.383. The van der Waals surface area contributed by atoms with E-state index in [1.807, 2.05) is 0 Å². The van der Waals surface area contributed by atoms with Gasteiger partial charge in [-0.2, -0.15) is 0 Å². The van der Waals surface area contributed by atoms with Crippen LogP contribution in [-0.2, 0) is 0 Å². The van der Waals surface area contributed by atoms with Gasteiger partial charge < -0.3 is 5.11 Å². The molecule has 82 valence electrons. The zero-order valence-corrected chi connectivity index (χ0v) is 8.62. The fourth-order valence-electron chi connectivity index (χ4n) is 1.69. The highest BCUT2D eigenvalue weighted by atomic mass is 16.6. The van der Waals surface area contributed by atoms with Crippen LogP contribution in [0.4, 0.5) is 5.69 Å². The Morgan fingerprint density at radius 1 is 1.44 bits per heavy atom. The van der Waals surface area contributed by atoms with Gasteiger partial charge in [-0.15, -0.1) is 0 Å². The summed E-state index contributed by atoms with van der Waals surface area (Å²) in [5.74, 6) is 0. The summed E-state index contributed by atoms with van der Waals surface area (Å²) in [6, 6.07) is 6.35. The van der Waals surface area contributed by atoms with Gasteiger partial charge in [0.05, 0.1) is 11.0 Å². The molecular weight excluding hydrogens is 208 g/mol. The quantitative estimate of drug-likeness (QED) is 0.619. The molecular formula is C11H10N2O3. The van der Waals surface area contributed by atoms with Gasteiger partial charge in [-0.1, -0.05) is 6.07 Å². The van der Waals surface area contributed by atoms with Gasteiger partial charge in [0.2, 0.25) is 0 Å². The number of hydrogen-bond acceptors (Lipinski definition) is 4. The number of hydrogen-bond donors (Lipinski definition) is 1. The highest BCUT2D eigenvalue weighted by molar-refractivity contribution is 5.89. The van der Waals surface area contributed by atoms with Crippen LogP contribution in [0, 0.1) is 10.1 Å². The lowest BCUT2D eigenvalue weighted by Gasteiger charge is -2.08. The normalized spacial score (nSPS) is 12.6. The molecule has 1 unspecified atom stereocenters. The smallest absolute Gasteiger partial charge is 0.295 e. The second-order valence-electron chi connectivity index (χ2n) is 3.51. The minimum Gasteiger partial charge on any atom is -0.389 e. The number of non-ortho nitro benzene ring substituents is 1. The predicted octanol–water partition coefficient (Wildman–Crippen LogP) is 2.20. The monoisotopic (exact) mass is 218 g/mol. The summed E-state index contributed by atoms with van der Waals surface area (Å²) in [5, 5.41) is 21.0. The largest absolute Gasteiger partial charge is 0.389 e. The van der Waals surface area contributed by atoms with Gasteiger partial charge in [0.15, 0.2) is 0 Å². The van der Waals surface area contributed by atoms with E-state index in [1.165, 1.54) is 12.3 Å². The first kappa shape index (κ1) is 10.5. The molecule has 0 spiro atoms. The van der Waals surface area contributed by atoms with Gasteiger partial charge in [-0.25, -0.2) is 4.98 Å². The van der Waals surface area contributed by atoms with E-state index in [9.17, 15) is 15.2 Å². The molecule has 0 aliphatic rings. The summed E-state index contributed by atoms with van der Waals surface area (Å²) in [5.41, 5.74) is 0.916. The predicted molar refractivity (Wildman–Crippen MR) is 59.0 cm³/mol. The lowest BCUT2D eigenvalue weighted by Crippen LogP contribution is -1.97. The number of rotatable bonds is 2. The van der Waals surface area contributed by atoms with Crippen molar-refractivity contribution in [3.63, 3.8) is 0 Å². The van der Waals surface area contributed by atoms with E-state index >= 15 is 0 Å². The van der Waals surface area contributed by atoms with Crippen LogP contribution < -0.4 is 0 Å². The van der Waals surface area contributed by atoms with Crippen molar-refractivity contribution in [1.82, 2.24) is 4.98 Å². The van der Waals surface area contributed by atoms with Crippen molar-refractivity contribution in [1.29, 1.82) is 0 Å². The average molecular weight is 218 g/mol. The fourth-order valence-corrected chi connectivity index (χ4v) is 1.69. The number of fused-ring (bicyclic) bond motifs is 1. The van der Waals surface area contributed by atoms with E-state index in [4.69, 9.17) is 0 Å². The number of nitro groups is 1. The van der Waals surface area contributed by atoms with Crippen molar-refractivity contribution in [3.05, 3.63) is 46.1 Å². The Bertz CT molecular complexity index is 552. The summed E-state index contributed by atoms with van der Waals surface area (Å²) in [4.78, 5) is 14.3. The second-order valence-corrected chi connectivity index (χ2v) is 3.51. The maximum Gasteiger partial charge on any atom is 0.295 e. The molecule has 0 aliphatic carbocycles. The Morgan fingerprint density at radius 2 is 2.19 bits per heavy atom. The maximum absolute atomic E-state index is 10.8. The Labute approximate surface area is 91.5 Å². The molecule has 0 aliphatic heterocycles. The van der Waals surface area contributed by atoms with Crippen molar-refractivity contribution in [2.75, 3.05) is 0 Å². The number of benzene rings is 1. The molecule has 5 heteroatoms. The van der Waals surface area contributed by atoms with Gasteiger partial charge in [-0.05, 0) is 24.6 Å². The van der Waals surface area contributed by atoms with E-state index in [-0.39, 0.29) is 5.69 Å².